The number of nitrogens with two attached hydrogens (primary N) is 3. The fourth-order valence-corrected chi connectivity index (χ4v) is 5.72. The lowest BCUT2D eigenvalue weighted by molar-refractivity contribution is 0.585. The molecular formula is C33H42N6OS2. The molecule has 0 aliphatic rings. The maximum Gasteiger partial charge on any atom is 0.292 e. The fraction of sp³-hybridized carbons (Fsp3) is 0.364. The third-order valence-corrected chi connectivity index (χ3v) is 8.53. The van der Waals surface area contributed by atoms with Crippen LogP contribution in [0.5, 0.6) is 0 Å². The van der Waals surface area contributed by atoms with Crippen molar-refractivity contribution in [2.24, 2.45) is 0 Å². The number of fused-ring (bicyclic) bond motifs is 3. The van der Waals surface area contributed by atoms with Crippen molar-refractivity contribution in [1.29, 1.82) is 0 Å². The molecule has 0 atom stereocenters. The summed E-state index contributed by atoms with van der Waals surface area (Å²) in [6.07, 6.45) is 0. The maximum absolute atomic E-state index is 5.66. The first-order valence-electron chi connectivity index (χ1n) is 13.9. The number of nitrogen functional groups attached to an aromatic ring is 3. The lowest BCUT2D eigenvalue weighted by Gasteiger charge is -2.18. The van der Waals surface area contributed by atoms with E-state index in [1.807, 2.05) is 18.2 Å². The molecule has 0 saturated carbocycles. The van der Waals surface area contributed by atoms with Gasteiger partial charge in [0.1, 0.15) is 5.52 Å². The molecule has 9 heteroatoms. The molecule has 7 nitrogen and oxygen atoms in total. The van der Waals surface area contributed by atoms with Crippen molar-refractivity contribution in [3.05, 3.63) is 71.3 Å². The van der Waals surface area contributed by atoms with Gasteiger partial charge in [-0.05, 0) is 69.3 Å². The van der Waals surface area contributed by atoms with Crippen molar-refractivity contribution >= 4 is 70.5 Å². The zero-order valence-corrected chi connectivity index (χ0v) is 27.6. The first kappa shape index (κ1) is 31.3. The Hall–Kier alpha value is -3.69. The molecule has 6 N–H and O–H groups in total. The largest absolute Gasteiger partial charge is 0.424 e. The normalized spacial score (nSPS) is 12.2. The molecular weight excluding hydrogens is 561 g/mol. The van der Waals surface area contributed by atoms with Crippen molar-refractivity contribution < 1.29 is 4.42 Å². The Bertz CT molecular complexity index is 1610. The Labute approximate surface area is 256 Å². The van der Waals surface area contributed by atoms with Crippen molar-refractivity contribution in [1.82, 2.24) is 15.0 Å². The van der Waals surface area contributed by atoms with Crippen LogP contribution >= 0.6 is 22.7 Å². The Morgan fingerprint density at radius 1 is 0.524 bits per heavy atom. The van der Waals surface area contributed by atoms with Gasteiger partial charge in [0.05, 0.1) is 20.4 Å². The fourth-order valence-electron chi connectivity index (χ4n) is 4.23. The van der Waals surface area contributed by atoms with E-state index in [4.69, 9.17) is 21.6 Å². The summed E-state index contributed by atoms with van der Waals surface area (Å²) in [4.78, 5) is 12.6. The van der Waals surface area contributed by atoms with Crippen LogP contribution in [0.15, 0.2) is 59.0 Å². The van der Waals surface area contributed by atoms with Gasteiger partial charge in [0.2, 0.25) is 0 Å². The van der Waals surface area contributed by atoms with Crippen LogP contribution in [0.3, 0.4) is 0 Å². The molecule has 0 amide bonds. The van der Waals surface area contributed by atoms with Crippen LogP contribution in [0.4, 0.5) is 16.3 Å². The highest BCUT2D eigenvalue weighted by molar-refractivity contribution is 7.22. The third-order valence-electron chi connectivity index (χ3n) is 6.81. The van der Waals surface area contributed by atoms with Gasteiger partial charge in [-0.2, -0.15) is 4.98 Å². The van der Waals surface area contributed by atoms with Crippen LogP contribution in [-0.4, -0.2) is 15.0 Å². The Kier molecular flexibility index (Phi) is 8.58. The molecule has 0 unspecified atom stereocenters. The minimum atomic E-state index is 0.121. The number of hydrogen-bond acceptors (Lipinski definition) is 9. The van der Waals surface area contributed by atoms with Crippen molar-refractivity contribution in [3.63, 3.8) is 0 Å². The molecule has 0 radical (unpaired) electrons. The molecule has 3 heterocycles. The van der Waals surface area contributed by atoms with Gasteiger partial charge in [-0.3, -0.25) is 0 Å². The number of hydrogen-bond donors (Lipinski definition) is 3. The highest BCUT2D eigenvalue weighted by Crippen LogP contribution is 2.31. The molecule has 3 aromatic heterocycles. The van der Waals surface area contributed by atoms with Crippen LogP contribution in [-0.2, 0) is 16.2 Å². The molecule has 0 bridgehead atoms. The minimum Gasteiger partial charge on any atom is -0.424 e. The highest BCUT2D eigenvalue weighted by atomic mass is 32.1. The van der Waals surface area contributed by atoms with Crippen molar-refractivity contribution in [3.8, 4) is 0 Å². The zero-order chi connectivity index (χ0) is 31.0. The van der Waals surface area contributed by atoms with E-state index in [2.05, 4.69) is 114 Å². The van der Waals surface area contributed by atoms with E-state index >= 15 is 0 Å². The van der Waals surface area contributed by atoms with E-state index in [-0.39, 0.29) is 22.3 Å². The van der Waals surface area contributed by atoms with E-state index in [1.54, 1.807) is 11.3 Å². The monoisotopic (exact) mass is 602 g/mol. The SMILES string of the molecule is CC(C)(C)c1ccc2nc(N)oc2c1.CC(C)(C)c1ccc2nc(N)sc2c1.CC(C)(C)c1ccc2sc(N)nc2c1. The molecule has 6 aromatic rings. The molecule has 3 aromatic carbocycles. The zero-order valence-electron chi connectivity index (χ0n) is 26.0. The highest BCUT2D eigenvalue weighted by Gasteiger charge is 2.16. The van der Waals surface area contributed by atoms with Gasteiger partial charge in [-0.25, -0.2) is 9.97 Å². The first-order valence-corrected chi connectivity index (χ1v) is 15.5. The number of benzene rings is 3. The maximum atomic E-state index is 5.66. The van der Waals surface area contributed by atoms with E-state index in [0.717, 1.165) is 26.8 Å². The number of aromatic nitrogens is 3. The Balaban J connectivity index is 0.000000145. The van der Waals surface area contributed by atoms with Crippen LogP contribution in [0.2, 0.25) is 0 Å². The standard InChI is InChI=1S/C11H14N2O.2C11H14N2S/c1-11(2,3)7-4-5-8-9(6-7)14-10(12)13-8;1-11(2,3)7-4-5-9-8(6-7)13-10(12)14-9;1-11(2,3)7-4-5-8-9(6-7)14-10(12)13-8/h3*4-6H,1-3H3,(H2,12,13). The predicted molar refractivity (Wildman–Crippen MR) is 183 cm³/mol. The minimum absolute atomic E-state index is 0.121. The number of oxazole rings is 1. The van der Waals surface area contributed by atoms with Gasteiger partial charge in [0.25, 0.3) is 6.01 Å². The quantitative estimate of drug-likeness (QED) is 0.158. The lowest BCUT2D eigenvalue weighted by Crippen LogP contribution is -2.10. The van der Waals surface area contributed by atoms with Crippen molar-refractivity contribution in [2.45, 2.75) is 78.6 Å². The summed E-state index contributed by atoms with van der Waals surface area (Å²) in [5.74, 6) is 0. The average Bonchev–Trinajstić information content (AvgIpc) is 3.54. The molecule has 0 fully saturated rings. The van der Waals surface area contributed by atoms with Gasteiger partial charge in [-0.15, -0.1) is 0 Å². The second-order valence-corrected chi connectivity index (χ2v) is 15.6. The number of thiazole rings is 2. The summed E-state index contributed by atoms with van der Waals surface area (Å²) < 4.78 is 7.61. The topological polar surface area (TPSA) is 130 Å². The average molecular weight is 603 g/mol. The summed E-state index contributed by atoms with van der Waals surface area (Å²) in [5, 5.41) is 1.29. The lowest BCUT2D eigenvalue weighted by atomic mass is 9.87. The molecule has 0 aliphatic carbocycles. The summed E-state index contributed by atoms with van der Waals surface area (Å²) in [6, 6.07) is 19.0. The molecule has 42 heavy (non-hydrogen) atoms. The third kappa shape index (κ3) is 7.57. The summed E-state index contributed by atoms with van der Waals surface area (Å²) >= 11 is 3.09. The van der Waals surface area contributed by atoms with Gasteiger partial charge in [0.15, 0.2) is 15.8 Å². The van der Waals surface area contributed by atoms with Crippen LogP contribution in [0.25, 0.3) is 31.5 Å². The van der Waals surface area contributed by atoms with E-state index in [0.29, 0.717) is 10.3 Å². The van der Waals surface area contributed by atoms with Crippen molar-refractivity contribution in [2.75, 3.05) is 17.2 Å². The van der Waals surface area contributed by atoms with Crippen LogP contribution in [0, 0.1) is 0 Å². The number of nitrogens with zero attached hydrogens (tertiary/aromatic N) is 3. The number of anilines is 3. The van der Waals surface area contributed by atoms with Gasteiger partial charge < -0.3 is 21.6 Å². The smallest absolute Gasteiger partial charge is 0.292 e. The van der Waals surface area contributed by atoms with Gasteiger partial charge in [-0.1, -0.05) is 103 Å². The summed E-state index contributed by atoms with van der Waals surface area (Å²) in [7, 11) is 0. The predicted octanol–water partition coefficient (Wildman–Crippen LogP) is 9.06. The second kappa shape index (κ2) is 11.5. The van der Waals surface area contributed by atoms with E-state index < -0.39 is 0 Å². The second-order valence-electron chi connectivity index (χ2n) is 13.5. The van der Waals surface area contributed by atoms with Crippen LogP contribution < -0.4 is 17.2 Å². The van der Waals surface area contributed by atoms with E-state index in [9.17, 15) is 0 Å². The van der Waals surface area contributed by atoms with E-state index in [1.165, 1.54) is 32.7 Å². The molecule has 0 saturated heterocycles. The number of rotatable bonds is 0. The summed E-state index contributed by atoms with van der Waals surface area (Å²) in [5.41, 5.74) is 24.7. The summed E-state index contributed by atoms with van der Waals surface area (Å²) in [6.45, 7) is 19.7. The molecule has 6 rings (SSSR count). The van der Waals surface area contributed by atoms with Crippen LogP contribution in [0.1, 0.15) is 79.0 Å². The molecule has 222 valence electrons. The Morgan fingerprint density at radius 2 is 1.00 bits per heavy atom. The Morgan fingerprint density at radius 3 is 1.60 bits per heavy atom. The van der Waals surface area contributed by atoms with Gasteiger partial charge >= 0.3 is 0 Å². The molecule has 0 spiro atoms. The first-order chi connectivity index (χ1) is 19.4. The van der Waals surface area contributed by atoms with Gasteiger partial charge in [0, 0.05) is 0 Å². The molecule has 0 aliphatic heterocycles.